The molecule has 220 valence electrons. The van der Waals surface area contributed by atoms with Crippen molar-refractivity contribution in [2.45, 2.75) is 66.1 Å². The molecule has 39 heavy (non-hydrogen) atoms. The molecule has 0 radical (unpaired) electrons. The molecule has 2 N–H and O–H groups in total. The monoisotopic (exact) mass is 551 g/mol. The Balaban J connectivity index is 0.000000403. The number of allylic oxidation sites excluding steroid dienone is 1. The molecule has 0 spiro atoms. The largest absolute Gasteiger partial charge is 0.356 e. The molecule has 1 fully saturated rings. The first-order valence-corrected chi connectivity index (χ1v) is 13.0. The summed E-state index contributed by atoms with van der Waals surface area (Å²) >= 11 is 0. The van der Waals surface area contributed by atoms with E-state index in [2.05, 4.69) is 17.2 Å². The average Bonchev–Trinajstić information content (AvgIpc) is 3.10. The number of rotatable bonds is 10. The number of amides is 4. The number of hydrogen-bond acceptors (Lipinski definition) is 8. The Bertz CT molecular complexity index is 908. The molecule has 12 nitrogen and oxygen atoms in total. The Morgan fingerprint density at radius 3 is 1.74 bits per heavy atom. The van der Waals surface area contributed by atoms with Crippen molar-refractivity contribution < 1.29 is 33.4 Å². The van der Waals surface area contributed by atoms with Gasteiger partial charge in [0.05, 0.1) is 24.2 Å². The van der Waals surface area contributed by atoms with Crippen molar-refractivity contribution in [3.63, 3.8) is 0 Å². The van der Waals surface area contributed by atoms with Crippen molar-refractivity contribution in [2.75, 3.05) is 52.7 Å². The van der Waals surface area contributed by atoms with Gasteiger partial charge in [0, 0.05) is 38.0 Å². The van der Waals surface area contributed by atoms with Crippen molar-refractivity contribution in [3.05, 3.63) is 24.4 Å². The van der Waals surface area contributed by atoms with E-state index < -0.39 is 0 Å². The van der Waals surface area contributed by atoms with Gasteiger partial charge in [-0.05, 0) is 54.5 Å². The molecule has 0 bridgehead atoms. The van der Waals surface area contributed by atoms with Crippen molar-refractivity contribution in [3.8, 4) is 0 Å². The van der Waals surface area contributed by atoms with E-state index in [4.69, 9.17) is 9.47 Å². The maximum absolute atomic E-state index is 11.8. The zero-order valence-corrected chi connectivity index (χ0v) is 24.4. The number of piperazine rings is 1. The Morgan fingerprint density at radius 1 is 0.846 bits per heavy atom. The summed E-state index contributed by atoms with van der Waals surface area (Å²) in [4.78, 5) is 62.3. The molecule has 12 heteroatoms. The number of hydrogen-bond donors (Lipinski definition) is 2. The quantitative estimate of drug-likeness (QED) is 0.300. The molecule has 2 rings (SSSR count). The molecule has 0 unspecified atom stereocenters. The van der Waals surface area contributed by atoms with Gasteiger partial charge in [-0.2, -0.15) is 0 Å². The number of nitrogens with one attached hydrogen (secondary N) is 2. The summed E-state index contributed by atoms with van der Waals surface area (Å²) in [6, 6.07) is 0. The molecule has 4 amide bonds. The lowest BCUT2D eigenvalue weighted by Crippen LogP contribution is -2.51. The van der Waals surface area contributed by atoms with Gasteiger partial charge in [-0.25, -0.2) is 0 Å². The number of ketones is 1. The zero-order valence-electron chi connectivity index (χ0n) is 24.4. The summed E-state index contributed by atoms with van der Waals surface area (Å²) in [7, 11) is 0. The lowest BCUT2D eigenvalue weighted by atomic mass is 10.2. The first kappa shape index (κ1) is 33.9. The molecule has 1 saturated heterocycles. The third-order valence-electron chi connectivity index (χ3n) is 5.37. The van der Waals surface area contributed by atoms with E-state index in [9.17, 15) is 24.0 Å². The van der Waals surface area contributed by atoms with Crippen molar-refractivity contribution in [1.82, 2.24) is 25.3 Å². The molecule has 2 heterocycles. The van der Waals surface area contributed by atoms with E-state index in [1.165, 1.54) is 17.9 Å². The Labute approximate surface area is 231 Å². The molecule has 0 aliphatic carbocycles. The van der Waals surface area contributed by atoms with Gasteiger partial charge in [0.25, 0.3) is 5.91 Å². The zero-order chi connectivity index (χ0) is 29.8. The van der Waals surface area contributed by atoms with Crippen LogP contribution < -0.4 is 10.6 Å². The maximum atomic E-state index is 11.8. The highest BCUT2D eigenvalue weighted by Gasteiger charge is 2.23. The highest BCUT2D eigenvalue weighted by Crippen LogP contribution is 2.12. The molecule has 0 aromatic carbocycles. The van der Waals surface area contributed by atoms with Gasteiger partial charge in [-0.1, -0.05) is 6.58 Å². The van der Waals surface area contributed by atoms with Crippen LogP contribution in [-0.4, -0.2) is 108 Å². The highest BCUT2D eigenvalue weighted by atomic mass is 16.5. The molecule has 0 aromatic heterocycles. The normalized spacial score (nSPS) is 16.1. The van der Waals surface area contributed by atoms with E-state index in [1.807, 2.05) is 46.4 Å². The van der Waals surface area contributed by atoms with Gasteiger partial charge in [-0.15, -0.1) is 0 Å². The topological polar surface area (TPSA) is 138 Å². The molecule has 2 aliphatic heterocycles. The van der Waals surface area contributed by atoms with Crippen LogP contribution in [0.3, 0.4) is 0 Å². The molecule has 0 atom stereocenters. The van der Waals surface area contributed by atoms with Crippen LogP contribution in [0.15, 0.2) is 24.4 Å². The third-order valence-corrected chi connectivity index (χ3v) is 5.37. The van der Waals surface area contributed by atoms with Gasteiger partial charge in [0.1, 0.15) is 25.8 Å². The second-order valence-electron chi connectivity index (χ2n) is 11.3. The predicted molar refractivity (Wildman–Crippen MR) is 146 cm³/mol. The lowest BCUT2D eigenvalue weighted by molar-refractivity contribution is -0.136. The van der Waals surface area contributed by atoms with Gasteiger partial charge in [-0.3, -0.25) is 28.9 Å². The average molecular weight is 552 g/mol. The molecule has 0 saturated carbocycles. The summed E-state index contributed by atoms with van der Waals surface area (Å²) in [6.07, 6.45) is 2.94. The van der Waals surface area contributed by atoms with E-state index >= 15 is 0 Å². The van der Waals surface area contributed by atoms with E-state index in [-0.39, 0.29) is 67.0 Å². The Hall–Kier alpha value is -3.09. The number of carbonyl (C=O) groups excluding carboxylic acids is 5. The Kier molecular flexibility index (Phi) is 13.5. The number of ether oxygens (including phenoxy) is 2. The minimum atomic E-state index is -0.304. The van der Waals surface area contributed by atoms with Crippen molar-refractivity contribution in [2.24, 2.45) is 0 Å². The van der Waals surface area contributed by atoms with E-state index in [0.717, 1.165) is 0 Å². The van der Waals surface area contributed by atoms with Gasteiger partial charge in [0.15, 0.2) is 0 Å². The van der Waals surface area contributed by atoms with Crippen LogP contribution in [0.4, 0.5) is 0 Å². The van der Waals surface area contributed by atoms with Gasteiger partial charge < -0.3 is 29.9 Å². The maximum Gasteiger partial charge on any atom is 0.251 e. The third kappa shape index (κ3) is 15.2. The van der Waals surface area contributed by atoms with Crippen LogP contribution in [0.2, 0.25) is 0 Å². The summed E-state index contributed by atoms with van der Waals surface area (Å²) in [5.41, 5.74) is -0.0559. The van der Waals surface area contributed by atoms with Gasteiger partial charge >= 0.3 is 0 Å². The summed E-state index contributed by atoms with van der Waals surface area (Å²) in [6.45, 7) is 19.5. The number of Topliss-reactive ketones (excluding diaryl/α,β-unsaturated/α-hetero) is 1. The first-order chi connectivity index (χ1) is 18.0. The first-order valence-electron chi connectivity index (χ1n) is 13.0. The summed E-state index contributed by atoms with van der Waals surface area (Å²) < 4.78 is 10.8. The van der Waals surface area contributed by atoms with Crippen molar-refractivity contribution in [1.29, 1.82) is 0 Å². The van der Waals surface area contributed by atoms with Crippen LogP contribution >= 0.6 is 0 Å². The smallest absolute Gasteiger partial charge is 0.251 e. The molecule has 2 aliphatic rings. The second-order valence-corrected chi connectivity index (χ2v) is 11.3. The lowest BCUT2D eigenvalue weighted by Gasteiger charge is -2.34. The molecular formula is C27H45N5O7. The minimum absolute atomic E-state index is 0.0296. The fraction of sp³-hybridized carbons (Fsp3) is 0.667. The van der Waals surface area contributed by atoms with E-state index in [0.29, 0.717) is 38.4 Å². The SMILES string of the molecule is C=C1C=CC(=O)N1CC(=O)NCOC(C)(C)C.CC(=O)CC(=O)N1CCN(CC(=O)NCOC(C)(C)C)CC1. The van der Waals surface area contributed by atoms with Crippen LogP contribution in [0, 0.1) is 0 Å². The number of nitrogens with zero attached hydrogens (tertiary/aromatic N) is 3. The fourth-order valence-electron chi connectivity index (χ4n) is 3.27. The molecule has 0 aromatic rings. The van der Waals surface area contributed by atoms with Crippen LogP contribution in [0.5, 0.6) is 0 Å². The molecular weight excluding hydrogens is 506 g/mol. The van der Waals surface area contributed by atoms with Gasteiger partial charge in [0.2, 0.25) is 17.7 Å². The fourth-order valence-corrected chi connectivity index (χ4v) is 3.27. The second kappa shape index (κ2) is 15.5. The van der Waals surface area contributed by atoms with Crippen LogP contribution in [0.1, 0.15) is 54.9 Å². The Morgan fingerprint density at radius 2 is 1.33 bits per heavy atom. The summed E-state index contributed by atoms with van der Waals surface area (Å²) in [5, 5.41) is 5.30. The van der Waals surface area contributed by atoms with Crippen molar-refractivity contribution >= 4 is 29.4 Å². The van der Waals surface area contributed by atoms with E-state index in [1.54, 1.807) is 11.0 Å². The summed E-state index contributed by atoms with van der Waals surface area (Å²) in [5.74, 6) is -0.831. The standard InChI is InChI=1S/C15H27N3O4.C12H18N2O3/c1-12(19)9-14(21)18-7-5-17(6-8-18)10-13(20)16-11-22-15(2,3)4;1-9-5-6-11(16)14(9)7-10(15)13-8-17-12(2,3)4/h5-11H2,1-4H3,(H,16,20);5-6H,1,7-8H2,2-4H3,(H,13,15). The highest BCUT2D eigenvalue weighted by molar-refractivity contribution is 5.97. The van der Waals surface area contributed by atoms with Crippen LogP contribution in [0.25, 0.3) is 0 Å². The minimum Gasteiger partial charge on any atom is -0.356 e. The predicted octanol–water partition coefficient (Wildman–Crippen LogP) is 0.786. The van der Waals surface area contributed by atoms with Crippen LogP contribution in [-0.2, 0) is 33.4 Å². The number of carbonyl (C=O) groups is 5.